The van der Waals surface area contributed by atoms with Crippen LogP contribution in [0, 0.1) is 0 Å². The minimum Gasteiger partial charge on any atom is -0.386 e. The Morgan fingerprint density at radius 3 is 3.00 bits per heavy atom. The largest absolute Gasteiger partial charge is 0.386 e. The molecule has 0 aliphatic heterocycles. The lowest BCUT2D eigenvalue weighted by molar-refractivity contribution is 0.178. The number of thioether (sulfide) groups is 1. The molecule has 2 atom stereocenters. The first-order chi connectivity index (χ1) is 7.24. The van der Waals surface area contributed by atoms with Crippen molar-refractivity contribution in [2.24, 2.45) is 0 Å². The van der Waals surface area contributed by atoms with Crippen LogP contribution in [0.15, 0.2) is 17.5 Å². The standard InChI is InChI=1S/C11H19NOS2/c1-9(14-2)5-6-12-8-10(13)11-4-3-7-15-11/h3-4,7,9-10,12-13H,5-6,8H2,1-2H3. The molecule has 1 heterocycles. The molecule has 0 aliphatic carbocycles. The van der Waals surface area contributed by atoms with E-state index in [4.69, 9.17) is 0 Å². The summed E-state index contributed by atoms with van der Waals surface area (Å²) >= 11 is 3.49. The Hall–Kier alpha value is -0.0300. The predicted octanol–water partition coefficient (Wildman–Crippen LogP) is 2.51. The van der Waals surface area contributed by atoms with Gasteiger partial charge in [0, 0.05) is 16.7 Å². The van der Waals surface area contributed by atoms with Gasteiger partial charge in [-0.1, -0.05) is 13.0 Å². The van der Waals surface area contributed by atoms with Gasteiger partial charge in [-0.2, -0.15) is 11.8 Å². The van der Waals surface area contributed by atoms with E-state index in [-0.39, 0.29) is 6.10 Å². The molecule has 0 saturated heterocycles. The quantitative estimate of drug-likeness (QED) is 0.724. The van der Waals surface area contributed by atoms with Crippen molar-refractivity contribution in [3.05, 3.63) is 22.4 Å². The van der Waals surface area contributed by atoms with Gasteiger partial charge in [-0.15, -0.1) is 11.3 Å². The SMILES string of the molecule is CSC(C)CCNCC(O)c1cccs1. The minimum atomic E-state index is -0.352. The summed E-state index contributed by atoms with van der Waals surface area (Å²) in [5.74, 6) is 0. The van der Waals surface area contributed by atoms with E-state index in [2.05, 4.69) is 18.5 Å². The van der Waals surface area contributed by atoms with E-state index < -0.39 is 0 Å². The maximum absolute atomic E-state index is 9.77. The highest BCUT2D eigenvalue weighted by Gasteiger charge is 2.07. The van der Waals surface area contributed by atoms with Crippen LogP contribution in [0.5, 0.6) is 0 Å². The van der Waals surface area contributed by atoms with Crippen LogP contribution >= 0.6 is 23.1 Å². The molecule has 0 spiro atoms. The van der Waals surface area contributed by atoms with E-state index in [0.29, 0.717) is 11.8 Å². The van der Waals surface area contributed by atoms with Crippen LogP contribution < -0.4 is 5.32 Å². The Balaban J connectivity index is 2.10. The van der Waals surface area contributed by atoms with Crippen molar-refractivity contribution >= 4 is 23.1 Å². The number of nitrogens with one attached hydrogen (secondary N) is 1. The third-order valence-corrected chi connectivity index (χ3v) is 4.35. The van der Waals surface area contributed by atoms with E-state index in [1.165, 1.54) is 0 Å². The van der Waals surface area contributed by atoms with Gasteiger partial charge < -0.3 is 10.4 Å². The molecule has 2 N–H and O–H groups in total. The second-order valence-electron chi connectivity index (χ2n) is 3.57. The molecule has 0 aliphatic rings. The summed E-state index contributed by atoms with van der Waals surface area (Å²) in [5.41, 5.74) is 0. The van der Waals surface area contributed by atoms with Gasteiger partial charge in [0.05, 0.1) is 0 Å². The second-order valence-corrected chi connectivity index (χ2v) is 5.83. The lowest BCUT2D eigenvalue weighted by Crippen LogP contribution is -2.23. The van der Waals surface area contributed by atoms with Gasteiger partial charge >= 0.3 is 0 Å². The molecule has 0 aromatic carbocycles. The third kappa shape index (κ3) is 5.02. The number of hydrogen-bond acceptors (Lipinski definition) is 4. The van der Waals surface area contributed by atoms with Crippen LogP contribution in [0.4, 0.5) is 0 Å². The fourth-order valence-electron chi connectivity index (χ4n) is 1.24. The molecule has 2 unspecified atom stereocenters. The summed E-state index contributed by atoms with van der Waals surface area (Å²) in [6, 6.07) is 3.94. The number of hydrogen-bond donors (Lipinski definition) is 2. The first kappa shape index (κ1) is 13.0. The summed E-state index contributed by atoms with van der Waals surface area (Å²) in [5, 5.41) is 15.7. The normalized spacial score (nSPS) is 15.1. The molecule has 0 amide bonds. The molecular weight excluding hydrogens is 226 g/mol. The van der Waals surface area contributed by atoms with Crippen LogP contribution in [0.2, 0.25) is 0 Å². The third-order valence-electron chi connectivity index (χ3n) is 2.34. The number of aliphatic hydroxyl groups is 1. The molecule has 0 radical (unpaired) electrons. The average Bonchev–Trinajstić information content (AvgIpc) is 2.77. The van der Waals surface area contributed by atoms with Crippen molar-refractivity contribution in [2.75, 3.05) is 19.3 Å². The lowest BCUT2D eigenvalue weighted by atomic mass is 10.3. The summed E-state index contributed by atoms with van der Waals surface area (Å²) in [6.45, 7) is 3.86. The fraction of sp³-hybridized carbons (Fsp3) is 0.636. The van der Waals surface area contributed by atoms with Crippen LogP contribution in [0.25, 0.3) is 0 Å². The second kappa shape index (κ2) is 7.28. The highest BCUT2D eigenvalue weighted by molar-refractivity contribution is 7.99. The smallest absolute Gasteiger partial charge is 0.101 e. The summed E-state index contributed by atoms with van der Waals surface area (Å²) in [6.07, 6.45) is 2.93. The van der Waals surface area contributed by atoms with Gasteiger partial charge in [0.2, 0.25) is 0 Å². The molecule has 0 fully saturated rings. The van der Waals surface area contributed by atoms with Crippen LogP contribution in [-0.2, 0) is 0 Å². The van der Waals surface area contributed by atoms with E-state index in [9.17, 15) is 5.11 Å². The van der Waals surface area contributed by atoms with Gasteiger partial charge in [0.25, 0.3) is 0 Å². The van der Waals surface area contributed by atoms with Gasteiger partial charge in [0.15, 0.2) is 0 Å². The van der Waals surface area contributed by atoms with Crippen LogP contribution in [0.1, 0.15) is 24.3 Å². The van der Waals surface area contributed by atoms with E-state index >= 15 is 0 Å². The molecule has 1 rings (SSSR count). The maximum atomic E-state index is 9.77. The van der Waals surface area contributed by atoms with Crippen molar-refractivity contribution in [1.29, 1.82) is 0 Å². The topological polar surface area (TPSA) is 32.3 Å². The Labute approximate surface area is 100 Å². The maximum Gasteiger partial charge on any atom is 0.101 e. The van der Waals surface area contributed by atoms with Crippen molar-refractivity contribution in [1.82, 2.24) is 5.32 Å². The van der Waals surface area contributed by atoms with E-state index in [1.807, 2.05) is 29.3 Å². The monoisotopic (exact) mass is 245 g/mol. The summed E-state index contributed by atoms with van der Waals surface area (Å²) < 4.78 is 0. The zero-order chi connectivity index (χ0) is 11.1. The summed E-state index contributed by atoms with van der Waals surface area (Å²) in [7, 11) is 0. The average molecular weight is 245 g/mol. The Bertz CT molecular complexity index is 251. The molecule has 15 heavy (non-hydrogen) atoms. The van der Waals surface area contributed by atoms with Gasteiger partial charge in [-0.3, -0.25) is 0 Å². The number of thiophene rings is 1. The van der Waals surface area contributed by atoms with Crippen molar-refractivity contribution in [2.45, 2.75) is 24.7 Å². The highest BCUT2D eigenvalue weighted by Crippen LogP contribution is 2.17. The van der Waals surface area contributed by atoms with Crippen molar-refractivity contribution in [3.63, 3.8) is 0 Å². The van der Waals surface area contributed by atoms with Crippen molar-refractivity contribution < 1.29 is 5.11 Å². The number of aliphatic hydroxyl groups excluding tert-OH is 1. The van der Waals surface area contributed by atoms with Gasteiger partial charge in [0.1, 0.15) is 6.10 Å². The van der Waals surface area contributed by atoms with Gasteiger partial charge in [-0.05, 0) is 30.7 Å². The van der Waals surface area contributed by atoms with Crippen molar-refractivity contribution in [3.8, 4) is 0 Å². The predicted molar refractivity (Wildman–Crippen MR) is 69.7 cm³/mol. The zero-order valence-corrected chi connectivity index (χ0v) is 10.9. The Morgan fingerprint density at radius 1 is 1.60 bits per heavy atom. The lowest BCUT2D eigenvalue weighted by Gasteiger charge is -2.12. The molecule has 1 aromatic heterocycles. The van der Waals surface area contributed by atoms with Gasteiger partial charge in [-0.25, -0.2) is 0 Å². The first-order valence-corrected chi connectivity index (χ1v) is 7.35. The fourth-order valence-corrected chi connectivity index (χ4v) is 2.31. The highest BCUT2D eigenvalue weighted by atomic mass is 32.2. The molecule has 4 heteroatoms. The molecular formula is C11H19NOS2. The van der Waals surface area contributed by atoms with E-state index in [0.717, 1.165) is 17.8 Å². The molecule has 1 aromatic rings. The molecule has 2 nitrogen and oxygen atoms in total. The van der Waals surface area contributed by atoms with E-state index in [1.54, 1.807) is 11.3 Å². The first-order valence-electron chi connectivity index (χ1n) is 5.19. The number of rotatable bonds is 7. The Morgan fingerprint density at radius 2 is 2.40 bits per heavy atom. The summed E-state index contributed by atoms with van der Waals surface area (Å²) in [4.78, 5) is 1.04. The zero-order valence-electron chi connectivity index (χ0n) is 9.27. The molecule has 0 bridgehead atoms. The van der Waals surface area contributed by atoms with Crippen LogP contribution in [0.3, 0.4) is 0 Å². The molecule has 86 valence electrons. The molecule has 0 saturated carbocycles. The van der Waals surface area contributed by atoms with Crippen LogP contribution in [-0.4, -0.2) is 29.7 Å². The Kier molecular flexibility index (Phi) is 6.32. The minimum absolute atomic E-state index is 0.352.